The Morgan fingerprint density at radius 1 is 1.09 bits per heavy atom. The van der Waals surface area contributed by atoms with Crippen molar-refractivity contribution < 1.29 is 41.5 Å². The molecule has 292 valence electrons. The van der Waals surface area contributed by atoms with E-state index in [1.165, 1.54) is 35.2 Å². The number of carbonyl (C=O) groups excluding carboxylic acids is 4. The zero-order valence-electron chi connectivity index (χ0n) is 30.3. The predicted octanol–water partition coefficient (Wildman–Crippen LogP) is 4.11. The van der Waals surface area contributed by atoms with Gasteiger partial charge in [0.2, 0.25) is 33.7 Å². The minimum absolute atomic E-state index is 0.000557. The molecule has 3 aliphatic carbocycles. The molecule has 4 fully saturated rings. The number of likely N-dealkylation sites (tertiary alicyclic amines) is 1. The van der Waals surface area contributed by atoms with Gasteiger partial charge in [-0.25, -0.2) is 22.6 Å². The number of ether oxygens (including phenoxy) is 2. The van der Waals surface area contributed by atoms with Crippen LogP contribution in [0.15, 0.2) is 43.0 Å². The molecule has 54 heavy (non-hydrogen) atoms. The topological polar surface area (TPSA) is 198 Å². The number of hydrogen-bond acceptors (Lipinski definition) is 11. The van der Waals surface area contributed by atoms with Gasteiger partial charge in [-0.2, -0.15) is 4.98 Å². The molecule has 0 radical (unpaired) electrons. The normalized spacial score (nSPS) is 24.6. The van der Waals surface area contributed by atoms with Crippen molar-refractivity contribution >= 4 is 57.1 Å². The molecule has 4 aliphatic rings. The molecule has 18 heteroatoms. The Morgan fingerprint density at radius 2 is 1.81 bits per heavy atom. The zero-order valence-corrected chi connectivity index (χ0v) is 31.8. The van der Waals surface area contributed by atoms with Crippen molar-refractivity contribution in [3.8, 4) is 5.88 Å². The number of amides is 4. The minimum atomic E-state index is -3.93. The highest BCUT2D eigenvalue weighted by Gasteiger charge is 2.62. The van der Waals surface area contributed by atoms with Crippen LogP contribution in [0.1, 0.15) is 72.1 Å². The smallest absolute Gasteiger partial charge is 0.408 e. The summed E-state index contributed by atoms with van der Waals surface area (Å²) < 4.78 is 53.1. The van der Waals surface area contributed by atoms with Gasteiger partial charge in [0.15, 0.2) is 0 Å². The van der Waals surface area contributed by atoms with Gasteiger partial charge in [0.05, 0.1) is 11.8 Å². The molecular weight excluding hydrogens is 745 g/mol. The first kappa shape index (κ1) is 39.2. The Hall–Kier alpha value is -4.51. The van der Waals surface area contributed by atoms with Gasteiger partial charge in [-0.05, 0) is 68.6 Å². The molecule has 1 aliphatic heterocycles. The molecular formula is C36H45ClFN7O8S. The summed E-state index contributed by atoms with van der Waals surface area (Å²) in [5, 5.41) is 7.66. The quantitative estimate of drug-likeness (QED) is 0.168. The number of hydrogen-bond donors (Lipinski definition) is 4. The van der Waals surface area contributed by atoms with Gasteiger partial charge in [-0.1, -0.05) is 44.5 Å². The lowest BCUT2D eigenvalue weighted by Crippen LogP contribution is -2.60. The van der Waals surface area contributed by atoms with Crippen LogP contribution in [-0.2, 0) is 29.1 Å². The molecule has 2 heterocycles. The zero-order chi connectivity index (χ0) is 39.0. The molecule has 1 aromatic carbocycles. The SMILES string of the molecule is C=C[C@@H]1C[C@]1(NC(=O)[C@@H]1C[C@@H](Oc2cc(Cl)nc(Nc3cccc(F)c3)n2)CN1C(=O)[C@@H](NC(=O)OC1CCCC1)C(C)(C)C)C(=O)NS(=O)(=O)C1CC1. The van der Waals surface area contributed by atoms with E-state index in [0.717, 1.165) is 25.7 Å². The number of rotatable bonds is 13. The van der Waals surface area contributed by atoms with Crippen molar-refractivity contribution in [1.29, 1.82) is 0 Å². The third-order valence-electron chi connectivity index (χ3n) is 10.1. The average Bonchev–Trinajstić information content (AvgIpc) is 3.96. The van der Waals surface area contributed by atoms with Crippen LogP contribution in [0.5, 0.6) is 5.88 Å². The van der Waals surface area contributed by atoms with Gasteiger partial charge in [-0.3, -0.25) is 19.1 Å². The highest BCUT2D eigenvalue weighted by atomic mass is 35.5. The van der Waals surface area contributed by atoms with E-state index in [0.29, 0.717) is 18.5 Å². The lowest BCUT2D eigenvalue weighted by molar-refractivity contribution is -0.143. The molecule has 4 amide bonds. The number of halogens is 2. The molecule has 0 bridgehead atoms. The summed E-state index contributed by atoms with van der Waals surface area (Å²) in [7, 11) is -3.93. The largest absolute Gasteiger partial charge is 0.472 e. The molecule has 5 atom stereocenters. The second kappa shape index (κ2) is 15.3. The van der Waals surface area contributed by atoms with E-state index in [4.69, 9.17) is 21.1 Å². The summed E-state index contributed by atoms with van der Waals surface area (Å²) in [5.41, 5.74) is -2.09. The van der Waals surface area contributed by atoms with Crippen LogP contribution < -0.4 is 25.4 Å². The van der Waals surface area contributed by atoms with Gasteiger partial charge >= 0.3 is 6.09 Å². The van der Waals surface area contributed by atoms with Crippen molar-refractivity contribution in [1.82, 2.24) is 30.2 Å². The summed E-state index contributed by atoms with van der Waals surface area (Å²) in [6.07, 6.45) is 3.83. The van der Waals surface area contributed by atoms with Crippen molar-refractivity contribution in [2.75, 3.05) is 11.9 Å². The summed E-state index contributed by atoms with van der Waals surface area (Å²) in [6.45, 7) is 8.89. The van der Waals surface area contributed by atoms with Crippen molar-refractivity contribution in [2.45, 2.75) is 107 Å². The lowest BCUT2D eigenvalue weighted by atomic mass is 9.85. The Kier molecular flexibility index (Phi) is 11.1. The number of aromatic nitrogens is 2. The maximum atomic E-state index is 14.5. The first-order valence-corrected chi connectivity index (χ1v) is 19.9. The molecule has 3 saturated carbocycles. The molecule has 2 aromatic rings. The first-order valence-electron chi connectivity index (χ1n) is 18.0. The van der Waals surface area contributed by atoms with Crippen LogP contribution in [0, 0.1) is 17.2 Å². The van der Waals surface area contributed by atoms with E-state index in [2.05, 4.69) is 37.2 Å². The highest BCUT2D eigenvalue weighted by molar-refractivity contribution is 7.91. The van der Waals surface area contributed by atoms with Crippen molar-refractivity contribution in [2.24, 2.45) is 11.3 Å². The maximum absolute atomic E-state index is 14.5. The van der Waals surface area contributed by atoms with Crippen LogP contribution in [0.25, 0.3) is 0 Å². The van der Waals surface area contributed by atoms with Crippen LogP contribution in [-0.4, -0.2) is 88.7 Å². The minimum Gasteiger partial charge on any atom is -0.472 e. The van der Waals surface area contributed by atoms with Gasteiger partial charge in [0.1, 0.15) is 40.8 Å². The molecule has 1 aromatic heterocycles. The Bertz CT molecular complexity index is 1920. The highest BCUT2D eigenvalue weighted by Crippen LogP contribution is 2.45. The summed E-state index contributed by atoms with van der Waals surface area (Å²) in [4.78, 5) is 65.0. The second-order valence-corrected chi connectivity index (χ2v) is 17.8. The number of anilines is 2. The molecule has 6 rings (SSSR count). The number of nitrogens with zero attached hydrogens (tertiary/aromatic N) is 3. The first-order chi connectivity index (χ1) is 25.5. The van der Waals surface area contributed by atoms with Gasteiger partial charge in [-0.15, -0.1) is 6.58 Å². The van der Waals surface area contributed by atoms with E-state index < -0.39 is 80.0 Å². The lowest BCUT2D eigenvalue weighted by Gasteiger charge is -2.35. The number of sulfonamides is 1. The van der Waals surface area contributed by atoms with E-state index in [9.17, 15) is 32.0 Å². The molecule has 1 saturated heterocycles. The van der Waals surface area contributed by atoms with Crippen molar-refractivity contribution in [3.05, 3.63) is 54.0 Å². The number of alkyl carbamates (subject to hydrolysis) is 1. The fourth-order valence-corrected chi connectivity index (χ4v) is 8.43. The van der Waals surface area contributed by atoms with Crippen LogP contribution >= 0.6 is 11.6 Å². The third kappa shape index (κ3) is 9.05. The average molecular weight is 790 g/mol. The van der Waals surface area contributed by atoms with Crippen LogP contribution in [0.3, 0.4) is 0 Å². The van der Waals surface area contributed by atoms with E-state index in [1.807, 2.05) is 0 Å². The van der Waals surface area contributed by atoms with Crippen molar-refractivity contribution in [3.63, 3.8) is 0 Å². The number of benzene rings is 1. The van der Waals surface area contributed by atoms with E-state index in [-0.39, 0.29) is 42.5 Å². The van der Waals surface area contributed by atoms with E-state index in [1.54, 1.807) is 26.8 Å². The molecule has 0 spiro atoms. The van der Waals surface area contributed by atoms with Crippen LogP contribution in [0.4, 0.5) is 20.8 Å². The van der Waals surface area contributed by atoms with Gasteiger partial charge in [0.25, 0.3) is 5.91 Å². The molecule has 0 unspecified atom stereocenters. The molecule has 15 nitrogen and oxygen atoms in total. The van der Waals surface area contributed by atoms with E-state index >= 15 is 0 Å². The summed E-state index contributed by atoms with van der Waals surface area (Å²) in [6, 6.07) is 4.60. The van der Waals surface area contributed by atoms with Crippen LogP contribution in [0.2, 0.25) is 5.15 Å². The summed E-state index contributed by atoms with van der Waals surface area (Å²) in [5.74, 6) is -3.26. The second-order valence-electron chi connectivity index (χ2n) is 15.4. The number of nitrogens with one attached hydrogen (secondary N) is 4. The van der Waals surface area contributed by atoms with Gasteiger partial charge < -0.3 is 30.3 Å². The Morgan fingerprint density at radius 3 is 2.44 bits per heavy atom. The monoisotopic (exact) mass is 789 g/mol. The summed E-state index contributed by atoms with van der Waals surface area (Å²) >= 11 is 6.28. The number of carbonyl (C=O) groups is 4. The maximum Gasteiger partial charge on any atom is 0.408 e. The van der Waals surface area contributed by atoms with Gasteiger partial charge in [0, 0.05) is 24.1 Å². The Labute approximate surface area is 318 Å². The molecule has 4 N–H and O–H groups in total. The predicted molar refractivity (Wildman–Crippen MR) is 196 cm³/mol. The standard InChI is InChI=1S/C36H45ClFN7O8S/c1-5-20-18-36(20,32(48)44-54(50,51)25-13-14-25)43-30(46)26-16-24(52-28-17-27(37)40-33(41-28)39-22-10-8-9-21(38)15-22)19-45(26)31(47)29(35(2,3)4)42-34(49)53-23-11-6-7-12-23/h5,8-10,15,17,20,23-26,29H,1,6-7,11-14,16,18-19H2,2-4H3,(H,42,49)(H,43,46)(H,44,48)(H,39,40,41)/t20-,24-,26+,29-,36-/m1/s1. The fourth-order valence-electron chi connectivity index (χ4n) is 6.90. The third-order valence-corrected chi connectivity index (χ3v) is 12.1. The Balaban J connectivity index is 1.25. The fraction of sp³-hybridized carbons (Fsp3) is 0.556.